The highest BCUT2D eigenvalue weighted by Gasteiger charge is 2.50. The van der Waals surface area contributed by atoms with E-state index in [1.165, 1.54) is 42.9 Å². The van der Waals surface area contributed by atoms with E-state index in [0.29, 0.717) is 68.0 Å². The number of carbonyl (C=O) groups is 1. The molecule has 382 valence electrons. The molecule has 1 amide bonds. The molecule has 17 nitrogen and oxygen atoms in total. The molecule has 3 aliphatic heterocycles. The summed E-state index contributed by atoms with van der Waals surface area (Å²) in [5, 5.41) is 40.9. The number of aromatic amines is 1. The number of likely N-dealkylation sites (tertiary alicyclic amines) is 1. The molecule has 6 N–H and O–H groups in total. The van der Waals surface area contributed by atoms with E-state index >= 15 is 0 Å². The zero-order valence-corrected chi connectivity index (χ0v) is 42.1. The second-order valence-corrected chi connectivity index (χ2v) is 23.9. The van der Waals surface area contributed by atoms with Crippen LogP contribution in [0.25, 0.3) is 11.0 Å². The zero-order valence-electron chi connectivity index (χ0n) is 41.3. The van der Waals surface area contributed by atoms with Gasteiger partial charge in [0.1, 0.15) is 18.0 Å². The van der Waals surface area contributed by atoms with Gasteiger partial charge in [-0.15, -0.1) is 0 Å². The van der Waals surface area contributed by atoms with Crippen molar-refractivity contribution < 1.29 is 37.8 Å². The molecule has 0 unspecified atom stereocenters. The largest absolute Gasteiger partial charge is 0.489 e. The van der Waals surface area contributed by atoms with Gasteiger partial charge < -0.3 is 40.2 Å². The quantitative estimate of drug-likeness (QED) is 0.0451. The minimum Gasteiger partial charge on any atom is -0.489 e. The summed E-state index contributed by atoms with van der Waals surface area (Å²) in [6.45, 7) is 9.47. The number of sulfonamides is 1. The van der Waals surface area contributed by atoms with Crippen LogP contribution in [0, 0.1) is 21.4 Å². The Morgan fingerprint density at radius 2 is 1.74 bits per heavy atom. The maximum Gasteiger partial charge on any atom is 0.297 e. The number of fused-ring (bicyclic) bond motifs is 2. The number of carbonyl (C=O) groups excluding carboxylic acids is 1. The van der Waals surface area contributed by atoms with Crippen molar-refractivity contribution in [2.75, 3.05) is 48.3 Å². The van der Waals surface area contributed by atoms with Crippen molar-refractivity contribution in [3.8, 4) is 17.2 Å². The summed E-state index contributed by atoms with van der Waals surface area (Å²) < 4.78 is 43.2. The smallest absolute Gasteiger partial charge is 0.297 e. The number of H-pyrrole nitrogens is 1. The lowest BCUT2D eigenvalue weighted by Crippen LogP contribution is -2.54. The third-order valence-electron chi connectivity index (χ3n) is 16.8. The van der Waals surface area contributed by atoms with Gasteiger partial charge in [0.2, 0.25) is 0 Å². The molecule has 5 heterocycles. The molecule has 6 aliphatic rings. The van der Waals surface area contributed by atoms with Crippen LogP contribution < -0.4 is 29.7 Å². The van der Waals surface area contributed by atoms with E-state index in [1.54, 1.807) is 37.4 Å². The Bertz CT molecular complexity index is 3000. The lowest BCUT2D eigenvalue weighted by molar-refractivity contribution is -0.384. The van der Waals surface area contributed by atoms with Crippen LogP contribution in [0.5, 0.6) is 17.2 Å². The summed E-state index contributed by atoms with van der Waals surface area (Å²) in [6.07, 6.45) is 12.4. The fourth-order valence-electron chi connectivity index (χ4n) is 12.3. The fourth-order valence-corrected chi connectivity index (χ4v) is 13.3. The van der Waals surface area contributed by atoms with E-state index in [0.717, 1.165) is 49.6 Å². The van der Waals surface area contributed by atoms with Gasteiger partial charge in [0.15, 0.2) is 23.0 Å². The molecule has 3 aromatic carbocycles. The predicted molar refractivity (Wildman–Crippen MR) is 275 cm³/mol. The van der Waals surface area contributed by atoms with Crippen LogP contribution in [0.4, 0.5) is 22.9 Å². The maximum atomic E-state index is 14.4. The highest BCUT2D eigenvalue weighted by atomic mass is 32.2. The van der Waals surface area contributed by atoms with Crippen molar-refractivity contribution in [2.24, 2.45) is 11.3 Å². The molecule has 2 saturated heterocycles. The van der Waals surface area contributed by atoms with E-state index < -0.39 is 42.6 Å². The Kier molecular flexibility index (Phi) is 12.4. The number of aliphatic hydroxyl groups is 2. The summed E-state index contributed by atoms with van der Waals surface area (Å²) in [5.74, 6) is 0.225. The number of amides is 1. The average Bonchev–Trinajstić information content (AvgIpc) is 3.65. The van der Waals surface area contributed by atoms with Crippen LogP contribution in [0.1, 0.15) is 131 Å². The van der Waals surface area contributed by atoms with Gasteiger partial charge in [-0.25, -0.2) is 18.1 Å². The Hall–Kier alpha value is -5.95. The Morgan fingerprint density at radius 3 is 2.47 bits per heavy atom. The van der Waals surface area contributed by atoms with Gasteiger partial charge >= 0.3 is 0 Å². The first-order valence-electron chi connectivity index (χ1n) is 25.8. The molecule has 5 aromatic rings. The topological polar surface area (TPSA) is 225 Å². The summed E-state index contributed by atoms with van der Waals surface area (Å²) in [4.78, 5) is 38.7. The summed E-state index contributed by atoms with van der Waals surface area (Å²) in [7, 11) is -4.72. The van der Waals surface area contributed by atoms with Crippen molar-refractivity contribution in [3.05, 3.63) is 99.7 Å². The number of piperidine rings is 1. The highest BCUT2D eigenvalue weighted by Crippen LogP contribution is 2.55. The van der Waals surface area contributed by atoms with Crippen molar-refractivity contribution in [2.45, 2.75) is 138 Å². The second-order valence-electron chi connectivity index (χ2n) is 22.2. The van der Waals surface area contributed by atoms with Crippen molar-refractivity contribution in [1.29, 1.82) is 0 Å². The Morgan fingerprint density at radius 1 is 0.972 bits per heavy atom. The molecule has 3 aliphatic carbocycles. The molecule has 72 heavy (non-hydrogen) atoms. The highest BCUT2D eigenvalue weighted by molar-refractivity contribution is 7.90. The first kappa shape index (κ1) is 48.3. The number of nitro benzene ring substituents is 1. The molecular formula is C54H66N8O9S. The van der Waals surface area contributed by atoms with Gasteiger partial charge in [-0.3, -0.25) is 19.8 Å². The number of rotatable bonds is 14. The molecule has 0 radical (unpaired) electrons. The van der Waals surface area contributed by atoms with Crippen LogP contribution in [0.15, 0.2) is 77.8 Å². The summed E-state index contributed by atoms with van der Waals surface area (Å²) in [6, 6.07) is 20.6. The van der Waals surface area contributed by atoms with E-state index in [1.807, 2.05) is 6.07 Å². The van der Waals surface area contributed by atoms with Crippen LogP contribution in [-0.4, -0.2) is 100 Å². The van der Waals surface area contributed by atoms with Gasteiger partial charge in [0.05, 0.1) is 32.6 Å². The van der Waals surface area contributed by atoms with Crippen molar-refractivity contribution in [1.82, 2.24) is 19.6 Å². The molecule has 3 saturated carbocycles. The minimum atomic E-state index is -4.72. The van der Waals surface area contributed by atoms with Crippen LogP contribution in [-0.2, 0) is 10.0 Å². The number of nitrogens with one attached hydrogen (secondary N) is 4. The molecule has 1 spiro atoms. The molecule has 5 fully saturated rings. The molecule has 18 heteroatoms. The Balaban J connectivity index is 0.840. The van der Waals surface area contributed by atoms with E-state index in [2.05, 4.69) is 68.3 Å². The number of nitrogens with zero attached hydrogens (tertiary/aromatic N) is 4. The van der Waals surface area contributed by atoms with Crippen molar-refractivity contribution >= 4 is 49.8 Å². The van der Waals surface area contributed by atoms with Gasteiger partial charge in [0, 0.05) is 67.2 Å². The monoisotopic (exact) mass is 1000 g/mol. The minimum absolute atomic E-state index is 0.0126. The number of nitro groups is 1. The van der Waals surface area contributed by atoms with Crippen LogP contribution in [0.3, 0.4) is 0 Å². The normalized spacial score (nSPS) is 24.8. The SMILES string of the molecule is CC(C)c1ccccc1[C@H]1CCCN1C1CC2(CCN(c3ccc(C(=O)NS(=O)(=O)c4cc5c(c([N+](=O)[O-])c4)N[C@@H](C4CCC(C)(O)CC4)CO5)c(Oc4cc5cc[nH]c5nc4NCC4(O)CC4)c3)CC2)C1. The lowest BCUT2D eigenvalue weighted by atomic mass is 9.59. The summed E-state index contributed by atoms with van der Waals surface area (Å²) >= 11 is 0. The summed E-state index contributed by atoms with van der Waals surface area (Å²) in [5.41, 5.74) is 2.45. The third-order valence-corrected chi connectivity index (χ3v) is 18.1. The first-order valence-corrected chi connectivity index (χ1v) is 27.3. The number of hydrogen-bond donors (Lipinski definition) is 6. The first-order chi connectivity index (χ1) is 34.4. The number of anilines is 3. The van der Waals surface area contributed by atoms with Crippen LogP contribution in [0.2, 0.25) is 0 Å². The van der Waals surface area contributed by atoms with Gasteiger partial charge in [0.25, 0.3) is 21.6 Å². The fraction of sp³-hybridized carbons (Fsp3) is 0.519. The zero-order chi connectivity index (χ0) is 50.2. The Labute approximate surface area is 420 Å². The van der Waals surface area contributed by atoms with E-state index in [4.69, 9.17) is 14.5 Å². The maximum absolute atomic E-state index is 14.4. The number of benzene rings is 3. The number of aromatic nitrogens is 2. The average molecular weight is 1000 g/mol. The standard InChI is InChI=1S/C54H66N8O9S/c1-33(2)39-7-4-5-8-40(39)43-9-6-22-61(43)37-29-53(30-37)19-23-60(24-20-53)36-10-11-41(45(26-36)71-47-25-35-14-21-55-49(35)58-50(47)56-32-54(65)17-18-54)51(63)59-72(68,69)38-27-44(62(66)67)48-46(28-38)70-31-42(57-48)34-12-15-52(3,64)16-13-34/h4-5,7-8,10-11,14,21,25-28,33-34,37,42-43,57,64-65H,6,9,12-13,15-20,22-24,29-32H2,1-3H3,(H,59,63)(H2,55,56,58)/t34?,42-,43-,52?/m1/s1. The number of hydrogen-bond acceptors (Lipinski definition) is 14. The van der Waals surface area contributed by atoms with Crippen molar-refractivity contribution in [3.63, 3.8) is 0 Å². The number of pyridine rings is 1. The number of ether oxygens (including phenoxy) is 2. The van der Waals surface area contributed by atoms with Gasteiger partial charge in [-0.05, 0) is 143 Å². The molecule has 2 aromatic heterocycles. The van der Waals surface area contributed by atoms with E-state index in [9.17, 15) is 33.5 Å². The van der Waals surface area contributed by atoms with E-state index in [-0.39, 0.29) is 59.0 Å². The van der Waals surface area contributed by atoms with Gasteiger partial charge in [-0.2, -0.15) is 0 Å². The van der Waals surface area contributed by atoms with Gasteiger partial charge in [-0.1, -0.05) is 38.1 Å². The third kappa shape index (κ3) is 9.58. The molecule has 11 rings (SSSR count). The molecular weight excluding hydrogens is 937 g/mol. The molecule has 0 bridgehead atoms. The lowest BCUT2D eigenvalue weighted by Gasteiger charge is -2.56. The molecule has 2 atom stereocenters. The van der Waals surface area contributed by atoms with Crippen LogP contribution >= 0.6 is 0 Å². The second kappa shape index (κ2) is 18.5. The predicted octanol–water partition coefficient (Wildman–Crippen LogP) is 9.14.